The molecule has 0 saturated carbocycles. The normalized spacial score (nSPS) is 11.4. The molecule has 1 amide bonds. The summed E-state index contributed by atoms with van der Waals surface area (Å²) in [6.07, 6.45) is 1.08. The maximum Gasteiger partial charge on any atom is 0.239 e. The van der Waals surface area contributed by atoms with E-state index in [4.69, 9.17) is 0 Å². The van der Waals surface area contributed by atoms with Gasteiger partial charge in [0.2, 0.25) is 15.9 Å². The Labute approximate surface area is 153 Å². The van der Waals surface area contributed by atoms with Crippen LogP contribution in [0.2, 0.25) is 0 Å². The zero-order chi connectivity index (χ0) is 19.3. The van der Waals surface area contributed by atoms with Gasteiger partial charge in [0.25, 0.3) is 0 Å². The van der Waals surface area contributed by atoms with Gasteiger partial charge >= 0.3 is 0 Å². The van der Waals surface area contributed by atoms with Crippen LogP contribution < -0.4 is 5.32 Å². The fourth-order valence-corrected chi connectivity index (χ4v) is 3.14. The molecule has 0 unspecified atom stereocenters. The molecule has 0 bridgehead atoms. The molecule has 2 aromatic carbocycles. The molecular formula is C19H22N2O4S. The maximum absolute atomic E-state index is 12.3. The van der Waals surface area contributed by atoms with Gasteiger partial charge < -0.3 is 5.32 Å². The van der Waals surface area contributed by atoms with E-state index in [2.05, 4.69) is 5.32 Å². The van der Waals surface area contributed by atoms with E-state index in [0.29, 0.717) is 11.3 Å². The minimum atomic E-state index is -3.56. The number of hydrogen-bond donors (Lipinski definition) is 1. The summed E-state index contributed by atoms with van der Waals surface area (Å²) in [5.41, 5.74) is 2.85. The minimum absolute atomic E-state index is 0.0654. The van der Waals surface area contributed by atoms with Crippen molar-refractivity contribution in [3.63, 3.8) is 0 Å². The van der Waals surface area contributed by atoms with Gasteiger partial charge in [-0.05, 0) is 49.2 Å². The number of ketones is 1. The number of benzene rings is 2. The third-order valence-corrected chi connectivity index (χ3v) is 5.17. The lowest BCUT2D eigenvalue weighted by Crippen LogP contribution is -2.37. The fourth-order valence-electron chi connectivity index (χ4n) is 2.42. The number of sulfonamides is 1. The van der Waals surface area contributed by atoms with Crippen molar-refractivity contribution in [3.8, 4) is 0 Å². The first kappa shape index (κ1) is 19.8. The van der Waals surface area contributed by atoms with Gasteiger partial charge in [-0.3, -0.25) is 9.59 Å². The predicted molar refractivity (Wildman–Crippen MR) is 102 cm³/mol. The molecule has 0 saturated heterocycles. The maximum atomic E-state index is 12.3. The van der Waals surface area contributed by atoms with Crippen molar-refractivity contribution in [3.05, 3.63) is 65.2 Å². The van der Waals surface area contributed by atoms with Crippen molar-refractivity contribution in [2.45, 2.75) is 20.4 Å². The van der Waals surface area contributed by atoms with Crippen LogP contribution in [0.4, 0.5) is 5.69 Å². The number of amides is 1. The molecule has 0 aliphatic carbocycles. The Morgan fingerprint density at radius 2 is 1.65 bits per heavy atom. The van der Waals surface area contributed by atoms with Gasteiger partial charge in [-0.2, -0.15) is 4.31 Å². The number of carbonyl (C=O) groups excluding carboxylic acids is 2. The second-order valence-corrected chi connectivity index (χ2v) is 8.12. The molecule has 0 fully saturated rings. The molecule has 7 heteroatoms. The van der Waals surface area contributed by atoms with Crippen LogP contribution in [0, 0.1) is 6.92 Å². The highest BCUT2D eigenvalue weighted by Gasteiger charge is 2.21. The van der Waals surface area contributed by atoms with Gasteiger partial charge in [0.05, 0.1) is 12.8 Å². The molecule has 138 valence electrons. The summed E-state index contributed by atoms with van der Waals surface area (Å²) in [5.74, 6) is -0.510. The fraction of sp³-hybridized carbons (Fsp3) is 0.263. The highest BCUT2D eigenvalue weighted by atomic mass is 32.2. The van der Waals surface area contributed by atoms with E-state index >= 15 is 0 Å². The Hall–Kier alpha value is -2.51. The molecular weight excluding hydrogens is 352 g/mol. The molecule has 0 aromatic heterocycles. The number of nitrogens with zero attached hydrogens (tertiary/aromatic N) is 1. The Bertz CT molecular complexity index is 905. The first-order valence-corrected chi connectivity index (χ1v) is 9.92. The van der Waals surface area contributed by atoms with E-state index in [1.807, 2.05) is 31.2 Å². The second kappa shape index (κ2) is 8.25. The van der Waals surface area contributed by atoms with Crippen LogP contribution in [0.25, 0.3) is 0 Å². The number of rotatable bonds is 7. The van der Waals surface area contributed by atoms with Gasteiger partial charge in [0.15, 0.2) is 5.78 Å². The van der Waals surface area contributed by atoms with E-state index in [1.165, 1.54) is 6.92 Å². The molecule has 0 aliphatic rings. The molecule has 2 aromatic rings. The van der Waals surface area contributed by atoms with Crippen LogP contribution in [0.15, 0.2) is 48.5 Å². The molecule has 0 heterocycles. The summed E-state index contributed by atoms with van der Waals surface area (Å²) in [6.45, 7) is 3.19. The number of Topliss-reactive ketones (excluding diaryl/α,β-unsaturated/α-hetero) is 1. The van der Waals surface area contributed by atoms with Crippen molar-refractivity contribution in [2.24, 2.45) is 0 Å². The van der Waals surface area contributed by atoms with E-state index in [9.17, 15) is 18.0 Å². The molecule has 0 radical (unpaired) electrons. The van der Waals surface area contributed by atoms with E-state index in [0.717, 1.165) is 21.7 Å². The Morgan fingerprint density at radius 3 is 2.19 bits per heavy atom. The van der Waals surface area contributed by atoms with Crippen LogP contribution in [0.3, 0.4) is 0 Å². The third-order valence-electron chi connectivity index (χ3n) is 3.97. The molecule has 2 rings (SSSR count). The lowest BCUT2D eigenvalue weighted by Gasteiger charge is -2.20. The topological polar surface area (TPSA) is 83.6 Å². The quantitative estimate of drug-likeness (QED) is 0.755. The lowest BCUT2D eigenvalue weighted by atomic mass is 10.1. The first-order chi connectivity index (χ1) is 12.2. The van der Waals surface area contributed by atoms with Gasteiger partial charge in [-0.25, -0.2) is 8.42 Å². The molecule has 1 N–H and O–H groups in total. The van der Waals surface area contributed by atoms with Gasteiger partial charge in [-0.15, -0.1) is 0 Å². The Balaban J connectivity index is 2.09. The largest absolute Gasteiger partial charge is 0.325 e. The molecule has 0 spiro atoms. The van der Waals surface area contributed by atoms with Crippen LogP contribution in [-0.2, 0) is 21.4 Å². The number of anilines is 1. The van der Waals surface area contributed by atoms with Crippen molar-refractivity contribution in [1.29, 1.82) is 0 Å². The highest BCUT2D eigenvalue weighted by Crippen LogP contribution is 2.14. The highest BCUT2D eigenvalue weighted by molar-refractivity contribution is 7.88. The average molecular weight is 374 g/mol. The Kier molecular flexibility index (Phi) is 6.28. The predicted octanol–water partition coefficient (Wildman–Crippen LogP) is 2.60. The molecule has 26 heavy (non-hydrogen) atoms. The van der Waals surface area contributed by atoms with E-state index < -0.39 is 15.9 Å². The zero-order valence-electron chi connectivity index (χ0n) is 15.0. The summed E-state index contributed by atoms with van der Waals surface area (Å²) in [5, 5.41) is 2.65. The summed E-state index contributed by atoms with van der Waals surface area (Å²) >= 11 is 0. The summed E-state index contributed by atoms with van der Waals surface area (Å²) in [4.78, 5) is 23.6. The zero-order valence-corrected chi connectivity index (χ0v) is 15.8. The standard InChI is InChI=1S/C19H22N2O4S/c1-14-6-4-5-7-17(14)12-21(26(3,24)25)13-19(23)20-18-10-8-16(9-11-18)15(2)22/h4-11H,12-13H2,1-3H3,(H,20,23). The van der Waals surface area contributed by atoms with Crippen molar-refractivity contribution < 1.29 is 18.0 Å². The third kappa shape index (κ3) is 5.50. The summed E-state index contributed by atoms with van der Waals surface area (Å²) in [7, 11) is -3.56. The summed E-state index contributed by atoms with van der Waals surface area (Å²) in [6, 6.07) is 13.9. The minimum Gasteiger partial charge on any atom is -0.325 e. The first-order valence-electron chi connectivity index (χ1n) is 8.07. The van der Waals surface area contributed by atoms with Crippen molar-refractivity contribution in [2.75, 3.05) is 18.1 Å². The summed E-state index contributed by atoms with van der Waals surface area (Å²) < 4.78 is 25.3. The monoisotopic (exact) mass is 374 g/mol. The van der Waals surface area contributed by atoms with Crippen LogP contribution in [0.1, 0.15) is 28.4 Å². The van der Waals surface area contributed by atoms with Crippen molar-refractivity contribution >= 4 is 27.4 Å². The number of carbonyl (C=O) groups is 2. The average Bonchev–Trinajstić information content (AvgIpc) is 2.55. The number of hydrogen-bond acceptors (Lipinski definition) is 4. The second-order valence-electron chi connectivity index (χ2n) is 6.14. The molecule has 0 atom stereocenters. The number of nitrogens with one attached hydrogen (secondary N) is 1. The van der Waals surface area contributed by atoms with E-state index in [-0.39, 0.29) is 18.9 Å². The van der Waals surface area contributed by atoms with E-state index in [1.54, 1.807) is 24.3 Å². The van der Waals surface area contributed by atoms with Crippen LogP contribution >= 0.6 is 0 Å². The van der Waals surface area contributed by atoms with Crippen LogP contribution in [0.5, 0.6) is 0 Å². The SMILES string of the molecule is CC(=O)c1ccc(NC(=O)CN(Cc2ccccc2C)S(C)(=O)=O)cc1. The van der Waals surface area contributed by atoms with Gasteiger partial charge in [0, 0.05) is 17.8 Å². The smallest absolute Gasteiger partial charge is 0.239 e. The van der Waals surface area contributed by atoms with Crippen molar-refractivity contribution in [1.82, 2.24) is 4.31 Å². The number of aryl methyl sites for hydroxylation is 1. The Morgan fingerprint density at radius 1 is 1.04 bits per heavy atom. The van der Waals surface area contributed by atoms with Gasteiger partial charge in [0.1, 0.15) is 0 Å². The van der Waals surface area contributed by atoms with Gasteiger partial charge in [-0.1, -0.05) is 24.3 Å². The van der Waals surface area contributed by atoms with Crippen LogP contribution in [-0.4, -0.2) is 37.2 Å². The lowest BCUT2D eigenvalue weighted by molar-refractivity contribution is -0.116. The molecule has 6 nitrogen and oxygen atoms in total. The molecule has 0 aliphatic heterocycles.